The Morgan fingerprint density at radius 2 is 1.77 bits per heavy atom. The Morgan fingerprint density at radius 1 is 1.15 bits per heavy atom. The lowest BCUT2D eigenvalue weighted by Crippen LogP contribution is -1.82. The second-order valence-electron chi connectivity index (χ2n) is 4.11. The van der Waals surface area contributed by atoms with Gasteiger partial charge in [0.2, 0.25) is 0 Å². The minimum atomic E-state index is 0.991. The zero-order valence-corrected chi connectivity index (χ0v) is 10.2. The van der Waals surface area contributed by atoms with Crippen LogP contribution in [-0.4, -0.2) is 5.33 Å². The summed E-state index contributed by atoms with van der Waals surface area (Å²) in [7, 11) is 0. The first kappa shape index (κ1) is 11.3. The molecular weight excluding hydrogens is 224 g/mol. The number of hydrogen-bond acceptors (Lipinski definition) is 0. The molecule has 1 saturated carbocycles. The maximum atomic E-state index is 3.35. The van der Waals surface area contributed by atoms with Crippen molar-refractivity contribution < 1.29 is 0 Å². The number of halogens is 1. The van der Waals surface area contributed by atoms with Crippen LogP contribution in [0.2, 0.25) is 0 Å². The molecular formula is C12H21Br. The van der Waals surface area contributed by atoms with Gasteiger partial charge >= 0.3 is 0 Å². The summed E-state index contributed by atoms with van der Waals surface area (Å²) in [6, 6.07) is 0. The van der Waals surface area contributed by atoms with Gasteiger partial charge < -0.3 is 0 Å². The Labute approximate surface area is 90.9 Å². The number of allylic oxidation sites excluding steroid dienone is 2. The number of unbranched alkanes of at least 4 members (excludes halogenated alkanes) is 2. The number of hydrogen-bond donors (Lipinski definition) is 0. The fourth-order valence-electron chi connectivity index (χ4n) is 2.06. The van der Waals surface area contributed by atoms with E-state index in [1.165, 1.54) is 43.9 Å². The Kier molecular flexibility index (Phi) is 5.77. The molecule has 0 aromatic carbocycles. The van der Waals surface area contributed by atoms with Gasteiger partial charge in [-0.15, -0.1) is 0 Å². The Hall–Kier alpha value is 0.220. The molecule has 0 N–H and O–H groups in total. The summed E-state index contributed by atoms with van der Waals surface area (Å²) < 4.78 is 0. The van der Waals surface area contributed by atoms with Gasteiger partial charge in [0.25, 0.3) is 0 Å². The molecule has 0 aromatic heterocycles. The van der Waals surface area contributed by atoms with Crippen molar-refractivity contribution in [2.45, 2.75) is 45.4 Å². The molecule has 0 aromatic rings. The Bertz CT molecular complexity index is 135. The summed E-state index contributed by atoms with van der Waals surface area (Å²) in [5.41, 5.74) is 0. The maximum Gasteiger partial charge on any atom is 0.00313 e. The van der Waals surface area contributed by atoms with Gasteiger partial charge in [-0.3, -0.25) is 0 Å². The van der Waals surface area contributed by atoms with Crippen molar-refractivity contribution in [1.82, 2.24) is 0 Å². The molecule has 2 atom stereocenters. The number of alkyl halides is 1. The zero-order valence-electron chi connectivity index (χ0n) is 8.64. The smallest absolute Gasteiger partial charge is 0.00313 e. The monoisotopic (exact) mass is 244 g/mol. The summed E-state index contributed by atoms with van der Waals surface area (Å²) in [4.78, 5) is 0. The third kappa shape index (κ3) is 4.30. The molecule has 13 heavy (non-hydrogen) atoms. The van der Waals surface area contributed by atoms with Gasteiger partial charge in [0, 0.05) is 5.33 Å². The average molecular weight is 245 g/mol. The van der Waals surface area contributed by atoms with Crippen molar-refractivity contribution in [3.05, 3.63) is 12.2 Å². The summed E-state index contributed by atoms with van der Waals surface area (Å²) >= 11 is 3.35. The van der Waals surface area contributed by atoms with Crippen LogP contribution in [0.1, 0.15) is 45.4 Å². The van der Waals surface area contributed by atoms with Crippen LogP contribution in [0.5, 0.6) is 0 Å². The molecule has 0 saturated heterocycles. The molecule has 0 amide bonds. The molecule has 0 radical (unpaired) electrons. The van der Waals surface area contributed by atoms with Gasteiger partial charge in [-0.2, -0.15) is 0 Å². The van der Waals surface area contributed by atoms with Crippen LogP contribution >= 0.6 is 15.9 Å². The van der Waals surface area contributed by atoms with Crippen LogP contribution in [0.15, 0.2) is 12.2 Å². The summed E-state index contributed by atoms with van der Waals surface area (Å²) in [6.07, 6.45) is 13.2. The zero-order chi connectivity index (χ0) is 9.52. The van der Waals surface area contributed by atoms with E-state index in [9.17, 15) is 0 Å². The molecule has 0 spiro atoms. The van der Waals surface area contributed by atoms with Crippen molar-refractivity contribution in [2.24, 2.45) is 11.8 Å². The highest BCUT2D eigenvalue weighted by molar-refractivity contribution is 9.09. The van der Waals surface area contributed by atoms with E-state index < -0.39 is 0 Å². The third-order valence-corrected chi connectivity index (χ3v) is 3.47. The van der Waals surface area contributed by atoms with Crippen LogP contribution in [0.25, 0.3) is 0 Å². The van der Waals surface area contributed by atoms with Crippen LogP contribution < -0.4 is 0 Å². The lowest BCUT2D eigenvalue weighted by atomic mass is 10.1. The largest absolute Gasteiger partial charge is 0.0928 e. The van der Waals surface area contributed by atoms with Gasteiger partial charge in [-0.05, 0) is 37.5 Å². The average Bonchev–Trinajstić information content (AvgIpc) is 2.79. The molecule has 2 aliphatic rings. The van der Waals surface area contributed by atoms with Gasteiger partial charge in [0.05, 0.1) is 0 Å². The Balaban J connectivity index is 0.000000133. The second kappa shape index (κ2) is 6.64. The van der Waals surface area contributed by atoms with E-state index in [0.717, 1.165) is 11.8 Å². The molecule has 1 fully saturated rings. The fourth-order valence-corrected chi connectivity index (χ4v) is 2.46. The van der Waals surface area contributed by atoms with E-state index in [0.29, 0.717) is 0 Å². The number of rotatable bonds is 3. The summed E-state index contributed by atoms with van der Waals surface area (Å²) in [5, 5.41) is 1.17. The summed E-state index contributed by atoms with van der Waals surface area (Å²) in [6.45, 7) is 2.21. The normalized spacial score (nSPS) is 28.8. The highest BCUT2D eigenvalue weighted by Gasteiger charge is 2.25. The SMILES string of the molecule is C1=CC2CCC1C2.CCCCCBr. The predicted molar refractivity (Wildman–Crippen MR) is 63.3 cm³/mol. The lowest BCUT2D eigenvalue weighted by Gasteiger charge is -1.96. The van der Waals surface area contributed by atoms with Crippen LogP contribution in [0, 0.1) is 11.8 Å². The first-order valence-corrected chi connectivity index (χ1v) is 6.73. The summed E-state index contributed by atoms with van der Waals surface area (Å²) in [5.74, 6) is 1.98. The van der Waals surface area contributed by atoms with Crippen LogP contribution in [-0.2, 0) is 0 Å². The lowest BCUT2D eigenvalue weighted by molar-refractivity contribution is 0.691. The molecule has 0 aliphatic heterocycles. The first-order valence-electron chi connectivity index (χ1n) is 5.61. The van der Waals surface area contributed by atoms with E-state index in [-0.39, 0.29) is 0 Å². The fraction of sp³-hybridized carbons (Fsp3) is 0.833. The minimum absolute atomic E-state index is 0.991. The molecule has 0 nitrogen and oxygen atoms in total. The molecule has 2 bridgehead atoms. The molecule has 1 heteroatoms. The van der Waals surface area contributed by atoms with Crippen molar-refractivity contribution in [2.75, 3.05) is 5.33 Å². The topological polar surface area (TPSA) is 0 Å². The van der Waals surface area contributed by atoms with Crippen LogP contribution in [0.3, 0.4) is 0 Å². The molecule has 2 rings (SSSR count). The molecule has 76 valence electrons. The van der Waals surface area contributed by atoms with E-state index in [1.807, 2.05) is 0 Å². The van der Waals surface area contributed by atoms with Gasteiger partial charge in [-0.25, -0.2) is 0 Å². The van der Waals surface area contributed by atoms with Crippen molar-refractivity contribution in [1.29, 1.82) is 0 Å². The standard InChI is InChI=1S/C7H10.C5H11Br/c1-2-7-4-3-6(1)5-7;1-2-3-4-5-6/h1-2,6-7H,3-5H2;2-5H2,1H3. The van der Waals surface area contributed by atoms with Crippen molar-refractivity contribution in [3.63, 3.8) is 0 Å². The second-order valence-corrected chi connectivity index (χ2v) is 4.91. The minimum Gasteiger partial charge on any atom is -0.0928 e. The third-order valence-electron chi connectivity index (χ3n) is 2.91. The number of fused-ring (bicyclic) bond motifs is 2. The molecule has 0 heterocycles. The van der Waals surface area contributed by atoms with Gasteiger partial charge in [-0.1, -0.05) is 47.8 Å². The van der Waals surface area contributed by atoms with Crippen molar-refractivity contribution in [3.8, 4) is 0 Å². The maximum absolute atomic E-state index is 3.35. The van der Waals surface area contributed by atoms with Gasteiger partial charge in [0.15, 0.2) is 0 Å². The van der Waals surface area contributed by atoms with E-state index in [4.69, 9.17) is 0 Å². The molecule has 2 unspecified atom stereocenters. The highest BCUT2D eigenvalue weighted by atomic mass is 79.9. The van der Waals surface area contributed by atoms with Crippen LogP contribution in [0.4, 0.5) is 0 Å². The molecule has 2 aliphatic carbocycles. The van der Waals surface area contributed by atoms with Crippen molar-refractivity contribution >= 4 is 15.9 Å². The van der Waals surface area contributed by atoms with E-state index >= 15 is 0 Å². The first-order chi connectivity index (χ1) is 6.36. The van der Waals surface area contributed by atoms with Gasteiger partial charge in [0.1, 0.15) is 0 Å². The predicted octanol–water partition coefficient (Wildman–Crippen LogP) is 4.54. The highest BCUT2D eigenvalue weighted by Crippen LogP contribution is 2.38. The van der Waals surface area contributed by atoms with E-state index in [2.05, 4.69) is 35.0 Å². The quantitative estimate of drug-likeness (QED) is 0.389. The van der Waals surface area contributed by atoms with E-state index in [1.54, 1.807) is 0 Å². The Morgan fingerprint density at radius 3 is 1.92 bits per heavy atom.